The van der Waals surface area contributed by atoms with Gasteiger partial charge in [-0.25, -0.2) is 4.79 Å². The predicted octanol–water partition coefficient (Wildman–Crippen LogP) is 1.82. The van der Waals surface area contributed by atoms with Crippen LogP contribution in [0.3, 0.4) is 0 Å². The van der Waals surface area contributed by atoms with Gasteiger partial charge >= 0.3 is 5.97 Å². The average Bonchev–Trinajstić information content (AvgIpc) is 2.94. The van der Waals surface area contributed by atoms with Crippen LogP contribution in [0.1, 0.15) is 26.7 Å². The first-order valence-corrected chi connectivity index (χ1v) is 5.82. The third-order valence-corrected chi connectivity index (χ3v) is 2.64. The summed E-state index contributed by atoms with van der Waals surface area (Å²) >= 11 is 0. The number of carbonyl (C=O) groups excluding carboxylic acids is 1. The average molecular weight is 290 g/mol. The number of nitro groups is 1. The maximum absolute atomic E-state index is 11.9. The smallest absolute Gasteiger partial charge is 0.371 e. The van der Waals surface area contributed by atoms with E-state index in [1.165, 1.54) is 36.4 Å². The summed E-state index contributed by atoms with van der Waals surface area (Å²) in [6, 6.07) is 8.19. The first-order valence-electron chi connectivity index (χ1n) is 5.82. The van der Waals surface area contributed by atoms with Gasteiger partial charge in [0.25, 0.3) is 11.6 Å². The van der Waals surface area contributed by atoms with Crippen molar-refractivity contribution in [3.8, 4) is 0 Å². The maximum Gasteiger partial charge on any atom is 0.371 e. The number of hydrogen-bond donors (Lipinski definition) is 2. The van der Waals surface area contributed by atoms with Crippen molar-refractivity contribution in [2.75, 3.05) is 0 Å². The number of furan rings is 1. The first-order chi connectivity index (χ1) is 9.99. The Balaban J connectivity index is 2.08. The number of nitrogens with one attached hydrogen (secondary N) is 1. The fourth-order valence-electron chi connectivity index (χ4n) is 1.68. The molecular weight excluding hydrogens is 280 g/mol. The van der Waals surface area contributed by atoms with Gasteiger partial charge in [0, 0.05) is 6.07 Å². The molecule has 2 rings (SSSR count). The van der Waals surface area contributed by atoms with Crippen molar-refractivity contribution in [3.05, 3.63) is 63.6 Å². The Morgan fingerprint density at radius 3 is 2.57 bits per heavy atom. The molecule has 1 aromatic heterocycles. The molecule has 0 saturated heterocycles. The van der Waals surface area contributed by atoms with E-state index in [0.717, 1.165) is 0 Å². The van der Waals surface area contributed by atoms with Crippen molar-refractivity contribution in [1.29, 1.82) is 0 Å². The van der Waals surface area contributed by atoms with E-state index >= 15 is 0 Å². The quantitative estimate of drug-likeness (QED) is 0.639. The van der Waals surface area contributed by atoms with Crippen LogP contribution in [-0.2, 0) is 6.54 Å². The highest BCUT2D eigenvalue weighted by Crippen LogP contribution is 2.17. The Morgan fingerprint density at radius 2 is 1.95 bits per heavy atom. The number of carbonyl (C=O) groups is 2. The van der Waals surface area contributed by atoms with E-state index in [9.17, 15) is 19.7 Å². The lowest BCUT2D eigenvalue weighted by atomic mass is 10.1. The summed E-state index contributed by atoms with van der Waals surface area (Å²) in [6.45, 7) is -0.0713. The summed E-state index contributed by atoms with van der Waals surface area (Å²) in [4.78, 5) is 32.7. The van der Waals surface area contributed by atoms with Crippen molar-refractivity contribution in [2.24, 2.45) is 0 Å². The second-order valence-corrected chi connectivity index (χ2v) is 4.03. The summed E-state index contributed by atoms with van der Waals surface area (Å²) in [7, 11) is 0. The molecule has 0 bridgehead atoms. The molecule has 1 heterocycles. The molecule has 0 aliphatic carbocycles. The molecule has 0 spiro atoms. The van der Waals surface area contributed by atoms with Crippen LogP contribution < -0.4 is 5.32 Å². The van der Waals surface area contributed by atoms with E-state index in [1.54, 1.807) is 0 Å². The SMILES string of the molecule is O=C(O)c1ccc(CNC(=O)c2ccccc2[N+](=O)[O-])o1. The van der Waals surface area contributed by atoms with Crippen LogP contribution in [0.25, 0.3) is 0 Å². The minimum atomic E-state index is -1.22. The number of nitro benzene ring substituents is 1. The standard InChI is InChI=1S/C13H10N2O6/c16-12(9-3-1-2-4-10(9)15(19)20)14-7-8-5-6-11(21-8)13(17)18/h1-6H,7H2,(H,14,16)(H,17,18). The van der Waals surface area contributed by atoms with Crippen LogP contribution in [0.5, 0.6) is 0 Å². The summed E-state index contributed by atoms with van der Waals surface area (Å²) in [5, 5.41) is 21.9. The lowest BCUT2D eigenvalue weighted by molar-refractivity contribution is -0.385. The third-order valence-electron chi connectivity index (χ3n) is 2.64. The lowest BCUT2D eigenvalue weighted by Crippen LogP contribution is -2.23. The van der Waals surface area contributed by atoms with Crippen LogP contribution in [0.4, 0.5) is 5.69 Å². The number of rotatable bonds is 5. The zero-order valence-corrected chi connectivity index (χ0v) is 10.6. The van der Waals surface area contributed by atoms with Gasteiger partial charge in [0.1, 0.15) is 11.3 Å². The van der Waals surface area contributed by atoms with Crippen molar-refractivity contribution in [3.63, 3.8) is 0 Å². The molecule has 2 aromatic rings. The largest absolute Gasteiger partial charge is 0.475 e. The summed E-state index contributed by atoms with van der Waals surface area (Å²) in [5.74, 6) is -1.87. The molecule has 0 unspecified atom stereocenters. The predicted molar refractivity (Wildman–Crippen MR) is 69.9 cm³/mol. The van der Waals surface area contributed by atoms with E-state index in [2.05, 4.69) is 5.32 Å². The molecule has 0 saturated carbocycles. The Hall–Kier alpha value is -3.16. The minimum absolute atomic E-state index is 0.0713. The Morgan fingerprint density at radius 1 is 1.24 bits per heavy atom. The monoisotopic (exact) mass is 290 g/mol. The Bertz CT molecular complexity index is 706. The molecule has 21 heavy (non-hydrogen) atoms. The molecule has 108 valence electrons. The van der Waals surface area contributed by atoms with Gasteiger partial charge in [-0.3, -0.25) is 14.9 Å². The van der Waals surface area contributed by atoms with Crippen molar-refractivity contribution < 1.29 is 24.0 Å². The summed E-state index contributed by atoms with van der Waals surface area (Å²) in [5.41, 5.74) is -0.381. The number of carboxylic acid groups (broad SMARTS) is 1. The van der Waals surface area contributed by atoms with E-state index in [-0.39, 0.29) is 29.3 Å². The second kappa shape index (κ2) is 5.87. The topological polar surface area (TPSA) is 123 Å². The maximum atomic E-state index is 11.9. The van der Waals surface area contributed by atoms with Crippen LogP contribution in [-0.4, -0.2) is 21.9 Å². The molecule has 8 heteroatoms. The van der Waals surface area contributed by atoms with E-state index in [4.69, 9.17) is 9.52 Å². The van der Waals surface area contributed by atoms with Crippen molar-refractivity contribution in [2.45, 2.75) is 6.54 Å². The molecule has 1 amide bonds. The molecule has 1 aromatic carbocycles. The number of amides is 1. The zero-order valence-electron chi connectivity index (χ0n) is 10.6. The minimum Gasteiger partial charge on any atom is -0.475 e. The van der Waals surface area contributed by atoms with E-state index in [1.807, 2.05) is 0 Å². The van der Waals surface area contributed by atoms with Crippen LogP contribution in [0.15, 0.2) is 40.8 Å². The molecule has 8 nitrogen and oxygen atoms in total. The number of benzene rings is 1. The van der Waals surface area contributed by atoms with Crippen LogP contribution >= 0.6 is 0 Å². The van der Waals surface area contributed by atoms with Crippen LogP contribution in [0.2, 0.25) is 0 Å². The van der Waals surface area contributed by atoms with Gasteiger partial charge in [-0.1, -0.05) is 12.1 Å². The fraction of sp³-hybridized carbons (Fsp3) is 0.0769. The molecule has 0 radical (unpaired) electrons. The van der Waals surface area contributed by atoms with E-state index < -0.39 is 16.8 Å². The van der Waals surface area contributed by atoms with Crippen molar-refractivity contribution >= 4 is 17.6 Å². The third kappa shape index (κ3) is 3.24. The number of aromatic carboxylic acids is 1. The molecule has 0 aliphatic heterocycles. The number of carboxylic acids is 1. The number of hydrogen-bond acceptors (Lipinski definition) is 5. The number of nitrogens with zero attached hydrogens (tertiary/aromatic N) is 1. The number of para-hydroxylation sites is 1. The highest BCUT2D eigenvalue weighted by atomic mass is 16.6. The molecule has 0 atom stereocenters. The highest BCUT2D eigenvalue weighted by molar-refractivity contribution is 5.98. The van der Waals surface area contributed by atoms with Gasteiger partial charge in [-0.05, 0) is 18.2 Å². The van der Waals surface area contributed by atoms with Gasteiger partial charge in [-0.15, -0.1) is 0 Å². The van der Waals surface area contributed by atoms with Crippen molar-refractivity contribution in [1.82, 2.24) is 5.32 Å². The molecule has 2 N–H and O–H groups in total. The Kier molecular flexibility index (Phi) is 3.98. The van der Waals surface area contributed by atoms with E-state index in [0.29, 0.717) is 0 Å². The summed E-state index contributed by atoms with van der Waals surface area (Å²) < 4.78 is 4.96. The van der Waals surface area contributed by atoms with Crippen LogP contribution in [0, 0.1) is 10.1 Å². The van der Waals surface area contributed by atoms with Gasteiger partial charge < -0.3 is 14.8 Å². The zero-order chi connectivity index (χ0) is 15.4. The second-order valence-electron chi connectivity index (χ2n) is 4.03. The summed E-state index contributed by atoms with van der Waals surface area (Å²) in [6.07, 6.45) is 0. The fourth-order valence-corrected chi connectivity index (χ4v) is 1.68. The lowest BCUT2D eigenvalue weighted by Gasteiger charge is -2.04. The molecular formula is C13H10N2O6. The normalized spacial score (nSPS) is 10.1. The van der Waals surface area contributed by atoms with Gasteiger partial charge in [0.15, 0.2) is 0 Å². The van der Waals surface area contributed by atoms with Gasteiger partial charge in [0.2, 0.25) is 5.76 Å². The van der Waals surface area contributed by atoms with Gasteiger partial charge in [0.05, 0.1) is 11.5 Å². The first kappa shape index (κ1) is 14.3. The molecule has 0 fully saturated rings. The Labute approximate surface area is 118 Å². The highest BCUT2D eigenvalue weighted by Gasteiger charge is 2.19. The van der Waals surface area contributed by atoms with Gasteiger partial charge in [-0.2, -0.15) is 0 Å². The molecule has 0 aliphatic rings.